The number of carbonyl (C=O) groups is 1. The quantitative estimate of drug-likeness (QED) is 0.293. The molecule has 0 amide bonds. The Morgan fingerprint density at radius 3 is 1.60 bits per heavy atom. The number of hydrogen-bond donors (Lipinski definition) is 3. The fraction of sp³-hybridized carbons (Fsp3) is 0.160. The molecular formula is C25H26N2O6S2. The van der Waals surface area contributed by atoms with Gasteiger partial charge in [-0.3, -0.25) is 14.2 Å². The van der Waals surface area contributed by atoms with Gasteiger partial charge >= 0.3 is 0 Å². The van der Waals surface area contributed by atoms with Crippen LogP contribution in [0.4, 0.5) is 11.4 Å². The van der Waals surface area contributed by atoms with Crippen LogP contribution in [0.1, 0.15) is 30.5 Å². The summed E-state index contributed by atoms with van der Waals surface area (Å²) >= 11 is 0. The summed E-state index contributed by atoms with van der Waals surface area (Å²) in [5.74, 6) is -0.869. The number of Topliss-reactive ketones (excluding diaryl/α,β-unsaturated/α-hetero) is 1. The van der Waals surface area contributed by atoms with Crippen LogP contribution in [0.15, 0.2) is 82.3 Å². The maximum Gasteiger partial charge on any atom is 0.261 e. The molecule has 0 aromatic heterocycles. The molecule has 8 nitrogen and oxygen atoms in total. The number of aryl methyl sites for hydroxylation is 2. The number of anilines is 2. The van der Waals surface area contributed by atoms with E-state index in [0.29, 0.717) is 0 Å². The summed E-state index contributed by atoms with van der Waals surface area (Å²) in [4.78, 5) is 12.4. The molecule has 0 aliphatic rings. The van der Waals surface area contributed by atoms with Gasteiger partial charge in [-0.1, -0.05) is 35.4 Å². The number of carbonyl (C=O) groups excluding carboxylic acids is 1. The summed E-state index contributed by atoms with van der Waals surface area (Å²) in [6.45, 7) is 6.17. The van der Waals surface area contributed by atoms with Crippen LogP contribution in [0, 0.1) is 13.8 Å². The van der Waals surface area contributed by atoms with Crippen molar-refractivity contribution in [3.05, 3.63) is 89.2 Å². The van der Waals surface area contributed by atoms with Gasteiger partial charge in [0.15, 0.2) is 5.78 Å². The summed E-state index contributed by atoms with van der Waals surface area (Å²) in [5, 5.41) is 10.2. The first kappa shape index (κ1) is 26.0. The first-order valence-electron chi connectivity index (χ1n) is 10.5. The molecule has 3 aromatic rings. The lowest BCUT2D eigenvalue weighted by molar-refractivity contribution is -0.111. The molecule has 0 bridgehead atoms. The van der Waals surface area contributed by atoms with E-state index < -0.39 is 25.8 Å². The Balaban J connectivity index is 2.08. The summed E-state index contributed by atoms with van der Waals surface area (Å²) < 4.78 is 56.5. The lowest BCUT2D eigenvalue weighted by Gasteiger charge is -2.17. The second-order valence-electron chi connectivity index (χ2n) is 8.11. The standard InChI is InChI=1S/C25H26N2O6S2/c1-16-5-10-21(11-6-16)34(30,31)26-20-9-14-24(23(15-20)25(18(3)28)19(4)29)27-35(32,33)22-12-7-17(2)8-13-22/h5-15,26-28H,1-4H3/b25-18+. The first-order chi connectivity index (χ1) is 16.3. The summed E-state index contributed by atoms with van der Waals surface area (Å²) in [6.07, 6.45) is 0. The Bertz CT molecular complexity index is 1500. The van der Waals surface area contributed by atoms with Crippen molar-refractivity contribution in [2.24, 2.45) is 0 Å². The highest BCUT2D eigenvalue weighted by Gasteiger charge is 2.22. The molecule has 184 valence electrons. The molecule has 0 atom stereocenters. The van der Waals surface area contributed by atoms with Crippen LogP contribution in [-0.2, 0) is 24.8 Å². The average molecular weight is 515 g/mol. The number of hydrogen-bond acceptors (Lipinski definition) is 6. The largest absolute Gasteiger partial charge is 0.512 e. The topological polar surface area (TPSA) is 130 Å². The number of nitrogens with one attached hydrogen (secondary N) is 2. The Morgan fingerprint density at radius 2 is 1.17 bits per heavy atom. The number of aliphatic hydroxyl groups is 1. The highest BCUT2D eigenvalue weighted by molar-refractivity contribution is 7.93. The number of ketones is 1. The molecule has 0 aliphatic carbocycles. The summed E-state index contributed by atoms with van der Waals surface area (Å²) in [5.41, 5.74) is 1.74. The highest BCUT2D eigenvalue weighted by Crippen LogP contribution is 2.32. The molecule has 0 spiro atoms. The predicted molar refractivity (Wildman–Crippen MR) is 136 cm³/mol. The fourth-order valence-electron chi connectivity index (χ4n) is 3.40. The van der Waals surface area contributed by atoms with Gasteiger partial charge in [0.05, 0.1) is 21.1 Å². The molecule has 10 heteroatoms. The Hall–Kier alpha value is -3.63. The zero-order valence-corrected chi connectivity index (χ0v) is 21.3. The van der Waals surface area contributed by atoms with E-state index in [2.05, 4.69) is 9.44 Å². The van der Waals surface area contributed by atoms with Gasteiger partial charge < -0.3 is 5.11 Å². The van der Waals surface area contributed by atoms with Crippen molar-refractivity contribution >= 4 is 42.8 Å². The van der Waals surface area contributed by atoms with E-state index in [9.17, 15) is 26.7 Å². The minimum atomic E-state index is -4.04. The number of allylic oxidation sites excluding steroid dienone is 2. The van der Waals surface area contributed by atoms with E-state index in [-0.39, 0.29) is 38.1 Å². The minimum Gasteiger partial charge on any atom is -0.512 e. The first-order valence-corrected chi connectivity index (χ1v) is 13.5. The van der Waals surface area contributed by atoms with Crippen LogP contribution in [0.5, 0.6) is 0 Å². The van der Waals surface area contributed by atoms with Crippen LogP contribution in [0.3, 0.4) is 0 Å². The molecule has 0 fully saturated rings. The Morgan fingerprint density at radius 1 is 0.714 bits per heavy atom. The van der Waals surface area contributed by atoms with Crippen LogP contribution in [0.25, 0.3) is 5.57 Å². The van der Waals surface area contributed by atoms with Crippen molar-refractivity contribution in [1.29, 1.82) is 0 Å². The van der Waals surface area contributed by atoms with Gasteiger partial charge in [-0.25, -0.2) is 16.8 Å². The van der Waals surface area contributed by atoms with E-state index >= 15 is 0 Å². The van der Waals surface area contributed by atoms with Crippen molar-refractivity contribution in [1.82, 2.24) is 0 Å². The van der Waals surface area contributed by atoms with Gasteiger partial charge in [-0.2, -0.15) is 0 Å². The minimum absolute atomic E-state index is 0.00228. The normalized spacial score (nSPS) is 12.6. The van der Waals surface area contributed by atoms with Crippen LogP contribution < -0.4 is 9.44 Å². The molecule has 3 N–H and O–H groups in total. The van der Waals surface area contributed by atoms with Crippen molar-refractivity contribution in [2.45, 2.75) is 37.5 Å². The van der Waals surface area contributed by atoms with Gasteiger partial charge in [0, 0.05) is 11.3 Å². The molecule has 0 aliphatic heterocycles. The Labute approximate surface area is 205 Å². The van der Waals surface area contributed by atoms with Crippen LogP contribution >= 0.6 is 0 Å². The molecule has 0 unspecified atom stereocenters. The number of sulfonamides is 2. The predicted octanol–water partition coefficient (Wildman–Crippen LogP) is 4.78. The van der Waals surface area contributed by atoms with E-state index in [1.165, 1.54) is 56.3 Å². The third kappa shape index (κ3) is 6.09. The van der Waals surface area contributed by atoms with Crippen molar-refractivity contribution in [3.63, 3.8) is 0 Å². The zero-order chi connectivity index (χ0) is 26.0. The van der Waals surface area contributed by atoms with E-state index in [4.69, 9.17) is 0 Å². The van der Waals surface area contributed by atoms with E-state index in [1.807, 2.05) is 13.8 Å². The molecule has 3 rings (SSSR count). The molecule has 0 radical (unpaired) electrons. The molecule has 0 saturated heterocycles. The fourth-order valence-corrected chi connectivity index (χ4v) is 5.52. The molecule has 0 saturated carbocycles. The van der Waals surface area contributed by atoms with Gasteiger partial charge in [-0.05, 0) is 70.2 Å². The number of benzene rings is 3. The van der Waals surface area contributed by atoms with Crippen LogP contribution in [0.2, 0.25) is 0 Å². The molecule has 3 aromatic carbocycles. The van der Waals surface area contributed by atoms with Crippen molar-refractivity contribution in [2.75, 3.05) is 9.44 Å². The lowest BCUT2D eigenvalue weighted by Crippen LogP contribution is -2.16. The number of aliphatic hydroxyl groups excluding tert-OH is 1. The van der Waals surface area contributed by atoms with Crippen molar-refractivity contribution < 1.29 is 26.7 Å². The van der Waals surface area contributed by atoms with Gasteiger partial charge in [0.1, 0.15) is 5.76 Å². The monoisotopic (exact) mass is 514 g/mol. The third-order valence-electron chi connectivity index (χ3n) is 5.16. The molecule has 35 heavy (non-hydrogen) atoms. The molecule has 0 heterocycles. The number of rotatable bonds is 8. The maximum atomic E-state index is 13.0. The maximum absolute atomic E-state index is 13.0. The summed E-state index contributed by atoms with van der Waals surface area (Å²) in [7, 11) is -8.00. The van der Waals surface area contributed by atoms with Gasteiger partial charge in [-0.15, -0.1) is 0 Å². The molecular weight excluding hydrogens is 488 g/mol. The highest BCUT2D eigenvalue weighted by atomic mass is 32.2. The van der Waals surface area contributed by atoms with Gasteiger partial charge in [0.2, 0.25) is 0 Å². The zero-order valence-electron chi connectivity index (χ0n) is 19.7. The summed E-state index contributed by atoms with van der Waals surface area (Å²) in [6, 6.07) is 16.4. The van der Waals surface area contributed by atoms with Crippen molar-refractivity contribution in [3.8, 4) is 0 Å². The lowest BCUT2D eigenvalue weighted by atomic mass is 9.99. The SMILES string of the molecule is CC(=O)/C(=C(/C)O)c1cc(NS(=O)(=O)c2ccc(C)cc2)ccc1NS(=O)(=O)c1ccc(C)cc1. The van der Waals surface area contributed by atoms with Crippen LogP contribution in [-0.4, -0.2) is 27.7 Å². The van der Waals surface area contributed by atoms with E-state index in [0.717, 1.165) is 11.1 Å². The second-order valence-corrected chi connectivity index (χ2v) is 11.5. The van der Waals surface area contributed by atoms with Gasteiger partial charge in [0.25, 0.3) is 20.0 Å². The average Bonchev–Trinajstić information content (AvgIpc) is 2.75. The third-order valence-corrected chi connectivity index (χ3v) is 7.94. The van der Waals surface area contributed by atoms with E-state index in [1.54, 1.807) is 24.3 Å². The Kier molecular flexibility index (Phi) is 7.37. The smallest absolute Gasteiger partial charge is 0.261 e. The second kappa shape index (κ2) is 9.93.